The fourth-order valence-electron chi connectivity index (χ4n) is 3.61. The van der Waals surface area contributed by atoms with Crippen LogP contribution in [0.2, 0.25) is 5.02 Å². The molecule has 0 bridgehead atoms. The van der Waals surface area contributed by atoms with Crippen LogP contribution >= 0.6 is 22.9 Å². The van der Waals surface area contributed by atoms with Crippen LogP contribution in [-0.4, -0.2) is 66.1 Å². The van der Waals surface area contributed by atoms with Crippen molar-refractivity contribution in [3.63, 3.8) is 0 Å². The monoisotopic (exact) mass is 493 g/mol. The first-order valence-corrected chi connectivity index (χ1v) is 12.4. The molecule has 3 aromatic rings. The van der Waals surface area contributed by atoms with Gasteiger partial charge in [-0.3, -0.25) is 9.69 Å². The minimum Gasteiger partial charge on any atom is -0.389 e. The van der Waals surface area contributed by atoms with E-state index in [1.165, 1.54) is 11.3 Å². The van der Waals surface area contributed by atoms with Gasteiger partial charge in [0.15, 0.2) is 0 Å². The van der Waals surface area contributed by atoms with Gasteiger partial charge in [0, 0.05) is 49.4 Å². The summed E-state index contributed by atoms with van der Waals surface area (Å²) in [5.41, 5.74) is 1.54. The number of hydrogen-bond donors (Lipinski definition) is 2. The highest BCUT2D eigenvalue weighted by molar-refractivity contribution is 7.17. The van der Waals surface area contributed by atoms with Gasteiger partial charge >= 0.3 is 0 Å². The standard InChI is InChI=1S/C24H32ClN3O4S/c1-16(2)13-32-14-19(29)11-28(8-5-9-31-3)12-21-26-23(30)22-20(15-33-24(22)27-21)17-6-4-7-18(25)10-17/h4,6-7,10,15-16,19,29H,5,8-9,11-14H2,1-3H3,(H,26,27,30)/t19-/m1/s1. The molecule has 1 atom stereocenters. The number of rotatable bonds is 13. The number of aliphatic hydroxyl groups is 1. The first-order chi connectivity index (χ1) is 15.9. The third-order valence-electron chi connectivity index (χ3n) is 5.06. The van der Waals surface area contributed by atoms with Crippen LogP contribution in [-0.2, 0) is 16.0 Å². The Bertz CT molecular complexity index is 1090. The molecule has 2 heterocycles. The van der Waals surface area contributed by atoms with Crippen LogP contribution in [0.4, 0.5) is 0 Å². The molecule has 180 valence electrons. The Morgan fingerprint density at radius 1 is 1.30 bits per heavy atom. The maximum Gasteiger partial charge on any atom is 0.260 e. The highest BCUT2D eigenvalue weighted by Crippen LogP contribution is 2.32. The van der Waals surface area contributed by atoms with E-state index in [-0.39, 0.29) is 12.2 Å². The zero-order valence-corrected chi connectivity index (χ0v) is 20.9. The summed E-state index contributed by atoms with van der Waals surface area (Å²) in [5.74, 6) is 0.985. The maximum absolute atomic E-state index is 13.0. The van der Waals surface area contributed by atoms with E-state index < -0.39 is 6.10 Å². The SMILES string of the molecule is COCCCN(Cc1nc2scc(-c3cccc(Cl)c3)c2c(=O)[nH]1)C[C@@H](O)COCC(C)C. The number of aliphatic hydroxyl groups excluding tert-OH is 1. The molecule has 0 saturated carbocycles. The second kappa shape index (κ2) is 12.6. The van der Waals surface area contributed by atoms with Gasteiger partial charge in [-0.05, 0) is 30.0 Å². The number of aromatic amines is 1. The van der Waals surface area contributed by atoms with E-state index in [1.807, 2.05) is 23.6 Å². The van der Waals surface area contributed by atoms with Crippen molar-refractivity contribution >= 4 is 33.2 Å². The zero-order valence-electron chi connectivity index (χ0n) is 19.3. The fourth-order valence-corrected chi connectivity index (χ4v) is 4.76. The predicted octanol–water partition coefficient (Wildman–Crippen LogP) is 4.18. The summed E-state index contributed by atoms with van der Waals surface area (Å²) in [4.78, 5) is 23.4. The smallest absolute Gasteiger partial charge is 0.260 e. The Hall–Kier alpha value is -1.81. The van der Waals surface area contributed by atoms with Crippen LogP contribution in [0.3, 0.4) is 0 Å². The van der Waals surface area contributed by atoms with Gasteiger partial charge in [-0.25, -0.2) is 4.98 Å². The number of ether oxygens (including phenoxy) is 2. The summed E-state index contributed by atoms with van der Waals surface area (Å²) in [6.07, 6.45) is 0.179. The molecule has 0 amide bonds. The van der Waals surface area contributed by atoms with Crippen LogP contribution in [0.1, 0.15) is 26.1 Å². The number of hydrogen-bond acceptors (Lipinski definition) is 7. The Kier molecular flexibility index (Phi) is 9.85. The van der Waals surface area contributed by atoms with Crippen molar-refractivity contribution in [2.75, 3.05) is 40.0 Å². The van der Waals surface area contributed by atoms with Crippen LogP contribution < -0.4 is 5.56 Å². The van der Waals surface area contributed by atoms with Gasteiger partial charge in [-0.2, -0.15) is 0 Å². The lowest BCUT2D eigenvalue weighted by atomic mass is 10.1. The van der Waals surface area contributed by atoms with E-state index in [4.69, 9.17) is 26.1 Å². The van der Waals surface area contributed by atoms with E-state index >= 15 is 0 Å². The van der Waals surface area contributed by atoms with Crippen LogP contribution in [0.5, 0.6) is 0 Å². The molecule has 0 spiro atoms. The molecule has 0 unspecified atom stereocenters. The average Bonchev–Trinajstić information content (AvgIpc) is 3.18. The van der Waals surface area contributed by atoms with Gasteiger partial charge < -0.3 is 19.6 Å². The summed E-state index contributed by atoms with van der Waals surface area (Å²) in [6.45, 7) is 7.19. The first kappa shape index (κ1) is 25.8. The number of benzene rings is 1. The van der Waals surface area contributed by atoms with E-state index in [2.05, 4.69) is 23.7 Å². The van der Waals surface area contributed by atoms with Crippen molar-refractivity contribution < 1.29 is 14.6 Å². The minimum absolute atomic E-state index is 0.177. The van der Waals surface area contributed by atoms with E-state index in [9.17, 15) is 9.90 Å². The number of nitrogens with zero attached hydrogens (tertiary/aromatic N) is 2. The molecule has 0 saturated heterocycles. The molecule has 2 aromatic heterocycles. The summed E-state index contributed by atoms with van der Waals surface area (Å²) in [7, 11) is 1.67. The van der Waals surface area contributed by atoms with Gasteiger partial charge in [0.05, 0.1) is 24.6 Å². The van der Waals surface area contributed by atoms with Crippen LogP contribution in [0.15, 0.2) is 34.4 Å². The van der Waals surface area contributed by atoms with Crippen molar-refractivity contribution in [3.05, 3.63) is 50.8 Å². The van der Waals surface area contributed by atoms with Gasteiger partial charge in [0.2, 0.25) is 0 Å². The number of aromatic nitrogens is 2. The molecule has 0 radical (unpaired) electrons. The second-order valence-electron chi connectivity index (χ2n) is 8.52. The van der Waals surface area contributed by atoms with Crippen molar-refractivity contribution in [2.24, 2.45) is 5.92 Å². The number of fused-ring (bicyclic) bond motifs is 1. The lowest BCUT2D eigenvalue weighted by Crippen LogP contribution is -2.36. The summed E-state index contributed by atoms with van der Waals surface area (Å²) in [5, 5.41) is 13.6. The largest absolute Gasteiger partial charge is 0.389 e. The molecular weight excluding hydrogens is 462 g/mol. The summed E-state index contributed by atoms with van der Waals surface area (Å²) < 4.78 is 10.8. The molecule has 1 aromatic carbocycles. The first-order valence-electron chi connectivity index (χ1n) is 11.1. The third kappa shape index (κ3) is 7.60. The van der Waals surface area contributed by atoms with Gasteiger partial charge in [0.25, 0.3) is 5.56 Å². The summed E-state index contributed by atoms with van der Waals surface area (Å²) >= 11 is 7.57. The van der Waals surface area contributed by atoms with E-state index in [0.29, 0.717) is 59.8 Å². The van der Waals surface area contributed by atoms with Crippen molar-refractivity contribution in [2.45, 2.75) is 32.9 Å². The molecule has 0 aliphatic rings. The van der Waals surface area contributed by atoms with Crippen molar-refractivity contribution in [1.82, 2.24) is 14.9 Å². The molecule has 3 rings (SSSR count). The normalized spacial score (nSPS) is 12.8. The van der Waals surface area contributed by atoms with Crippen molar-refractivity contribution in [3.8, 4) is 11.1 Å². The Morgan fingerprint density at radius 2 is 2.12 bits per heavy atom. The van der Waals surface area contributed by atoms with Crippen LogP contribution in [0.25, 0.3) is 21.3 Å². The minimum atomic E-state index is -0.627. The molecule has 9 heteroatoms. The molecule has 0 aliphatic carbocycles. The highest BCUT2D eigenvalue weighted by atomic mass is 35.5. The average molecular weight is 494 g/mol. The molecular formula is C24H32ClN3O4S. The van der Waals surface area contributed by atoms with Crippen molar-refractivity contribution in [1.29, 1.82) is 0 Å². The van der Waals surface area contributed by atoms with E-state index in [1.54, 1.807) is 13.2 Å². The topological polar surface area (TPSA) is 87.7 Å². The number of H-pyrrole nitrogens is 1. The quantitative estimate of drug-likeness (QED) is 0.347. The number of thiophene rings is 1. The molecule has 2 N–H and O–H groups in total. The zero-order chi connectivity index (χ0) is 23.8. The molecule has 0 fully saturated rings. The third-order valence-corrected chi connectivity index (χ3v) is 6.16. The molecule has 7 nitrogen and oxygen atoms in total. The predicted molar refractivity (Wildman–Crippen MR) is 134 cm³/mol. The van der Waals surface area contributed by atoms with Gasteiger partial charge in [-0.1, -0.05) is 37.6 Å². The Labute approximate surface area is 203 Å². The van der Waals surface area contributed by atoms with E-state index in [0.717, 1.165) is 17.5 Å². The Morgan fingerprint density at radius 3 is 2.85 bits per heavy atom. The van der Waals surface area contributed by atoms with Gasteiger partial charge in [-0.15, -0.1) is 11.3 Å². The maximum atomic E-state index is 13.0. The number of methoxy groups -OCH3 is 1. The summed E-state index contributed by atoms with van der Waals surface area (Å²) in [6, 6.07) is 7.45. The molecule has 33 heavy (non-hydrogen) atoms. The number of halogens is 1. The Balaban J connectivity index is 1.76. The highest BCUT2D eigenvalue weighted by Gasteiger charge is 2.17. The van der Waals surface area contributed by atoms with Gasteiger partial charge in [0.1, 0.15) is 10.7 Å². The lowest BCUT2D eigenvalue weighted by molar-refractivity contribution is 0.00544. The molecule has 0 aliphatic heterocycles. The van der Waals surface area contributed by atoms with Crippen LogP contribution in [0, 0.1) is 5.92 Å². The number of nitrogens with one attached hydrogen (secondary N) is 1. The fraction of sp³-hybridized carbons (Fsp3) is 0.500. The lowest BCUT2D eigenvalue weighted by Gasteiger charge is -2.24. The second-order valence-corrected chi connectivity index (χ2v) is 9.81.